The third-order valence-corrected chi connectivity index (χ3v) is 6.17. The van der Waals surface area contributed by atoms with Crippen LogP contribution in [0.25, 0.3) is 10.9 Å². The van der Waals surface area contributed by atoms with Crippen molar-refractivity contribution in [2.45, 2.75) is 57.7 Å². The molecule has 2 heterocycles. The van der Waals surface area contributed by atoms with Crippen molar-refractivity contribution < 1.29 is 29.0 Å². The average molecular weight is 519 g/mol. The van der Waals surface area contributed by atoms with Gasteiger partial charge in [0.15, 0.2) is 0 Å². The van der Waals surface area contributed by atoms with Crippen LogP contribution in [0.4, 0.5) is 4.79 Å². The van der Waals surface area contributed by atoms with Crippen molar-refractivity contribution in [2.24, 2.45) is 0 Å². The van der Waals surface area contributed by atoms with Crippen LogP contribution in [0.3, 0.4) is 0 Å². The molecular formula is C28H30N4O6. The lowest BCUT2D eigenvalue weighted by Gasteiger charge is -2.27. The van der Waals surface area contributed by atoms with Gasteiger partial charge in [0.05, 0.1) is 11.6 Å². The van der Waals surface area contributed by atoms with Crippen molar-refractivity contribution in [3.8, 4) is 17.6 Å². The Labute approximate surface area is 220 Å². The number of alkyl carbamates (subject to hydrolysis) is 1. The first-order valence-corrected chi connectivity index (χ1v) is 12.3. The zero-order valence-electron chi connectivity index (χ0n) is 21.5. The number of fused-ring (bicyclic) bond motifs is 1. The van der Waals surface area contributed by atoms with Crippen LogP contribution in [0.15, 0.2) is 48.7 Å². The molecule has 10 heteroatoms. The summed E-state index contributed by atoms with van der Waals surface area (Å²) in [5.74, 6) is -0.356. The molecule has 0 radical (unpaired) electrons. The lowest BCUT2D eigenvalue weighted by atomic mass is 10.0. The summed E-state index contributed by atoms with van der Waals surface area (Å²) < 4.78 is 11.3. The van der Waals surface area contributed by atoms with Crippen LogP contribution in [-0.2, 0) is 16.0 Å². The van der Waals surface area contributed by atoms with Gasteiger partial charge >= 0.3 is 12.1 Å². The number of hydrogen-bond donors (Lipinski definition) is 3. The van der Waals surface area contributed by atoms with Gasteiger partial charge in [0.2, 0.25) is 5.91 Å². The molecule has 1 aromatic heterocycles. The fourth-order valence-electron chi connectivity index (χ4n) is 4.43. The highest BCUT2D eigenvalue weighted by molar-refractivity contribution is 5.90. The number of nitrogens with one attached hydrogen (secondary N) is 2. The highest BCUT2D eigenvalue weighted by atomic mass is 16.6. The van der Waals surface area contributed by atoms with Crippen molar-refractivity contribution in [3.63, 3.8) is 0 Å². The van der Waals surface area contributed by atoms with Gasteiger partial charge in [0.1, 0.15) is 29.2 Å². The van der Waals surface area contributed by atoms with Crippen molar-refractivity contribution >= 4 is 28.9 Å². The third kappa shape index (κ3) is 6.24. The number of hydrogen-bond acceptors (Lipinski definition) is 6. The molecule has 38 heavy (non-hydrogen) atoms. The number of carboxylic acids is 1. The Morgan fingerprint density at radius 2 is 1.89 bits per heavy atom. The Bertz CT molecular complexity index is 1380. The molecule has 1 aliphatic rings. The number of carboxylic acid groups (broad SMARTS) is 1. The van der Waals surface area contributed by atoms with Gasteiger partial charge in [0, 0.05) is 30.1 Å². The van der Waals surface area contributed by atoms with E-state index in [0.29, 0.717) is 24.5 Å². The van der Waals surface area contributed by atoms with E-state index in [0.717, 1.165) is 22.9 Å². The smallest absolute Gasteiger partial charge is 0.408 e. The molecule has 2 aromatic carbocycles. The van der Waals surface area contributed by atoms with E-state index in [2.05, 4.69) is 16.4 Å². The molecular weight excluding hydrogens is 488 g/mol. The number of ether oxygens (including phenoxy) is 2. The molecule has 0 unspecified atom stereocenters. The standard InChI is InChI=1S/C28H30N4O6/c1-28(2,3)38-27(36)31-24(25(33)32-12-4-5-19(32)15-29)13-18-16-30-23-11-10-21(14-22(18)23)37-20-8-6-17(7-9-20)26(34)35/h6-11,14,16,19,24,30H,4-5,12-13H2,1-3H3,(H,31,36)(H,34,35)/t19-,24-/m0/s1. The summed E-state index contributed by atoms with van der Waals surface area (Å²) in [6.07, 6.45) is 2.56. The number of aromatic amines is 1. The summed E-state index contributed by atoms with van der Waals surface area (Å²) in [4.78, 5) is 41.9. The number of amides is 2. The van der Waals surface area contributed by atoms with Crippen LogP contribution in [0.1, 0.15) is 49.5 Å². The zero-order chi connectivity index (χ0) is 27.4. The lowest BCUT2D eigenvalue weighted by Crippen LogP contribution is -2.51. The second-order valence-corrected chi connectivity index (χ2v) is 10.2. The van der Waals surface area contributed by atoms with Crippen molar-refractivity contribution in [3.05, 3.63) is 59.8 Å². The minimum atomic E-state index is -1.02. The number of benzene rings is 2. The molecule has 2 atom stereocenters. The number of rotatable bonds is 7. The van der Waals surface area contributed by atoms with Gasteiger partial charge in [-0.2, -0.15) is 5.26 Å². The average Bonchev–Trinajstić information content (AvgIpc) is 3.49. The minimum Gasteiger partial charge on any atom is -0.478 e. The van der Waals surface area contributed by atoms with E-state index in [4.69, 9.17) is 14.6 Å². The van der Waals surface area contributed by atoms with E-state index in [1.807, 2.05) is 12.1 Å². The number of carbonyl (C=O) groups is 3. The van der Waals surface area contributed by atoms with Crippen LogP contribution < -0.4 is 10.1 Å². The molecule has 0 saturated carbocycles. The van der Waals surface area contributed by atoms with Crippen molar-refractivity contribution in [1.29, 1.82) is 5.26 Å². The molecule has 198 valence electrons. The summed E-state index contributed by atoms with van der Waals surface area (Å²) in [7, 11) is 0. The second kappa shape index (κ2) is 10.8. The highest BCUT2D eigenvalue weighted by Crippen LogP contribution is 2.29. The molecule has 3 aromatic rings. The van der Waals surface area contributed by atoms with Gasteiger partial charge in [-0.15, -0.1) is 0 Å². The molecule has 1 fully saturated rings. The third-order valence-electron chi connectivity index (χ3n) is 6.17. The number of aromatic nitrogens is 1. The second-order valence-electron chi connectivity index (χ2n) is 10.2. The number of aromatic carboxylic acids is 1. The van der Waals surface area contributed by atoms with E-state index in [1.165, 1.54) is 17.0 Å². The summed E-state index contributed by atoms with van der Waals surface area (Å²) in [6.45, 7) is 5.68. The van der Waals surface area contributed by atoms with Crippen LogP contribution in [0.2, 0.25) is 0 Å². The van der Waals surface area contributed by atoms with Crippen LogP contribution in [0, 0.1) is 11.3 Å². The Hall–Kier alpha value is -4.52. The number of likely N-dealkylation sites (tertiary alicyclic amines) is 1. The first kappa shape index (κ1) is 26.5. The maximum absolute atomic E-state index is 13.5. The first-order valence-electron chi connectivity index (χ1n) is 12.3. The predicted molar refractivity (Wildman–Crippen MR) is 139 cm³/mol. The number of nitrogens with zero attached hydrogens (tertiary/aromatic N) is 2. The monoisotopic (exact) mass is 518 g/mol. The van der Waals surface area contributed by atoms with E-state index < -0.39 is 29.7 Å². The Morgan fingerprint density at radius 3 is 2.55 bits per heavy atom. The quantitative estimate of drug-likeness (QED) is 0.414. The molecule has 0 aliphatic carbocycles. The fourth-order valence-corrected chi connectivity index (χ4v) is 4.43. The number of H-pyrrole nitrogens is 1. The van der Waals surface area contributed by atoms with Gasteiger partial charge < -0.3 is 29.8 Å². The SMILES string of the molecule is CC(C)(C)OC(=O)N[C@@H](Cc1c[nH]c2ccc(Oc3ccc(C(=O)O)cc3)cc12)C(=O)N1CCC[C@H]1C#N. The Balaban J connectivity index is 1.59. The summed E-state index contributed by atoms with van der Waals surface area (Å²) >= 11 is 0. The topological polar surface area (TPSA) is 145 Å². The molecule has 2 amide bonds. The molecule has 0 bridgehead atoms. The van der Waals surface area contributed by atoms with Gasteiger partial charge in [0.25, 0.3) is 0 Å². The molecule has 1 saturated heterocycles. The molecule has 0 spiro atoms. The zero-order valence-corrected chi connectivity index (χ0v) is 21.5. The Kier molecular flexibility index (Phi) is 7.57. The molecule has 1 aliphatic heterocycles. The maximum Gasteiger partial charge on any atom is 0.408 e. The van der Waals surface area contributed by atoms with Crippen LogP contribution in [-0.4, -0.2) is 57.2 Å². The van der Waals surface area contributed by atoms with E-state index in [9.17, 15) is 19.6 Å². The van der Waals surface area contributed by atoms with E-state index in [-0.39, 0.29) is 17.9 Å². The molecule has 4 rings (SSSR count). The maximum atomic E-state index is 13.5. The number of nitriles is 1. The van der Waals surface area contributed by atoms with Crippen molar-refractivity contribution in [1.82, 2.24) is 15.2 Å². The predicted octanol–water partition coefficient (Wildman–Crippen LogP) is 4.61. The fraction of sp³-hybridized carbons (Fsp3) is 0.357. The van der Waals surface area contributed by atoms with Crippen LogP contribution in [0.5, 0.6) is 11.5 Å². The highest BCUT2D eigenvalue weighted by Gasteiger charge is 2.35. The molecule has 10 nitrogen and oxygen atoms in total. The Morgan fingerprint density at radius 1 is 1.18 bits per heavy atom. The molecule has 3 N–H and O–H groups in total. The van der Waals surface area contributed by atoms with Gasteiger partial charge in [-0.1, -0.05) is 0 Å². The first-order chi connectivity index (χ1) is 18.0. The normalized spacial score (nSPS) is 16.1. The van der Waals surface area contributed by atoms with Crippen LogP contribution >= 0.6 is 0 Å². The summed E-state index contributed by atoms with van der Waals surface area (Å²) in [6, 6.07) is 12.2. The lowest BCUT2D eigenvalue weighted by molar-refractivity contribution is -0.133. The van der Waals surface area contributed by atoms with Crippen molar-refractivity contribution in [2.75, 3.05) is 6.54 Å². The largest absolute Gasteiger partial charge is 0.478 e. The van der Waals surface area contributed by atoms with Gasteiger partial charge in [-0.3, -0.25) is 4.79 Å². The number of carbonyl (C=O) groups excluding carboxylic acids is 2. The summed E-state index contributed by atoms with van der Waals surface area (Å²) in [5, 5.41) is 22.1. The van der Waals surface area contributed by atoms with Gasteiger partial charge in [-0.05, 0) is 81.6 Å². The van der Waals surface area contributed by atoms with E-state index in [1.54, 1.807) is 45.2 Å². The minimum absolute atomic E-state index is 0.158. The van der Waals surface area contributed by atoms with E-state index >= 15 is 0 Å². The van der Waals surface area contributed by atoms with Gasteiger partial charge in [-0.25, -0.2) is 9.59 Å². The summed E-state index contributed by atoms with van der Waals surface area (Å²) in [5.41, 5.74) is 1.00.